The maximum atomic E-state index is 13.1. The molecule has 0 spiro atoms. The van der Waals surface area contributed by atoms with E-state index in [1.165, 1.54) is 12.1 Å². The summed E-state index contributed by atoms with van der Waals surface area (Å²) >= 11 is 0. The molecule has 0 saturated heterocycles. The highest BCUT2D eigenvalue weighted by molar-refractivity contribution is 5.86. The van der Waals surface area contributed by atoms with E-state index in [4.69, 9.17) is 9.47 Å². The Balaban J connectivity index is 1.65. The molecule has 0 aliphatic rings. The van der Waals surface area contributed by atoms with Crippen LogP contribution < -0.4 is 14.8 Å². The smallest absolute Gasteiger partial charge is 0.221 e. The van der Waals surface area contributed by atoms with Gasteiger partial charge >= 0.3 is 0 Å². The molecule has 5 nitrogen and oxygen atoms in total. The number of aromatic nitrogens is 1. The Bertz CT molecular complexity index is 1220. The van der Waals surface area contributed by atoms with Gasteiger partial charge < -0.3 is 19.8 Å². The Morgan fingerprint density at radius 3 is 2.53 bits per heavy atom. The molecule has 2 N–H and O–H groups in total. The SMILES string of the molecule is COc1ccc([C@@H](CC(=O)NCc2ccc(F)cc2)c2c[nH]c3ccccc23)c(OC)c1. The lowest BCUT2D eigenvalue weighted by molar-refractivity contribution is -0.121. The van der Waals surface area contributed by atoms with Crippen LogP contribution in [0.15, 0.2) is 72.9 Å². The van der Waals surface area contributed by atoms with E-state index >= 15 is 0 Å². The van der Waals surface area contributed by atoms with Crippen LogP contribution in [0.4, 0.5) is 4.39 Å². The van der Waals surface area contributed by atoms with Crippen molar-refractivity contribution in [1.82, 2.24) is 10.3 Å². The van der Waals surface area contributed by atoms with Gasteiger partial charge in [0.2, 0.25) is 5.91 Å². The van der Waals surface area contributed by atoms with Crippen molar-refractivity contribution in [3.8, 4) is 11.5 Å². The maximum absolute atomic E-state index is 13.1. The third kappa shape index (κ3) is 4.59. The van der Waals surface area contributed by atoms with Crippen molar-refractivity contribution in [3.63, 3.8) is 0 Å². The summed E-state index contributed by atoms with van der Waals surface area (Å²) in [4.78, 5) is 16.3. The van der Waals surface area contributed by atoms with Gasteiger partial charge in [0.15, 0.2) is 0 Å². The van der Waals surface area contributed by atoms with E-state index in [1.54, 1.807) is 26.4 Å². The molecule has 0 unspecified atom stereocenters. The molecule has 164 valence electrons. The number of methoxy groups -OCH3 is 2. The van der Waals surface area contributed by atoms with Gasteiger partial charge in [-0.15, -0.1) is 0 Å². The summed E-state index contributed by atoms with van der Waals surface area (Å²) in [5, 5.41) is 4.01. The standard InChI is InChI=1S/C26H25FN2O3/c1-31-19-11-12-21(25(13-19)32-2)22(23-16-28-24-6-4-3-5-20(23)24)14-26(30)29-15-17-7-9-18(27)10-8-17/h3-13,16,22,28H,14-15H2,1-2H3,(H,29,30)/t22-/m1/s1. The van der Waals surface area contributed by atoms with E-state index in [9.17, 15) is 9.18 Å². The highest BCUT2D eigenvalue weighted by Gasteiger charge is 2.24. The highest BCUT2D eigenvalue weighted by Crippen LogP contribution is 2.39. The third-order valence-electron chi connectivity index (χ3n) is 5.61. The second kappa shape index (κ2) is 9.56. The Labute approximate surface area is 186 Å². The van der Waals surface area contributed by atoms with Crippen LogP contribution in [-0.4, -0.2) is 25.1 Å². The number of carbonyl (C=O) groups excluding carboxylic acids is 1. The van der Waals surface area contributed by atoms with E-state index in [1.807, 2.05) is 48.7 Å². The van der Waals surface area contributed by atoms with Crippen molar-refractivity contribution in [3.05, 3.63) is 95.4 Å². The number of halogens is 1. The molecular weight excluding hydrogens is 407 g/mol. The highest BCUT2D eigenvalue weighted by atomic mass is 19.1. The fourth-order valence-corrected chi connectivity index (χ4v) is 3.94. The van der Waals surface area contributed by atoms with E-state index in [2.05, 4.69) is 10.3 Å². The van der Waals surface area contributed by atoms with Gasteiger partial charge in [0.1, 0.15) is 17.3 Å². The number of benzene rings is 3. The molecule has 0 aliphatic carbocycles. The zero-order chi connectivity index (χ0) is 22.5. The normalized spacial score (nSPS) is 11.8. The van der Waals surface area contributed by atoms with Gasteiger partial charge in [0.05, 0.1) is 14.2 Å². The molecule has 0 fully saturated rings. The summed E-state index contributed by atoms with van der Waals surface area (Å²) in [5.74, 6) is 0.698. The molecule has 0 bridgehead atoms. The first-order valence-corrected chi connectivity index (χ1v) is 10.4. The number of carbonyl (C=O) groups is 1. The van der Waals surface area contributed by atoms with E-state index in [0.717, 1.165) is 27.6 Å². The van der Waals surface area contributed by atoms with Gasteiger partial charge in [-0.3, -0.25) is 4.79 Å². The number of nitrogens with one attached hydrogen (secondary N) is 2. The first-order chi connectivity index (χ1) is 15.6. The molecule has 6 heteroatoms. The topological polar surface area (TPSA) is 63.3 Å². The summed E-state index contributed by atoms with van der Waals surface area (Å²) in [6.07, 6.45) is 2.18. The molecule has 1 heterocycles. The zero-order valence-electron chi connectivity index (χ0n) is 18.0. The lowest BCUT2D eigenvalue weighted by atomic mass is 9.87. The lowest BCUT2D eigenvalue weighted by Gasteiger charge is -2.20. The second-order valence-electron chi connectivity index (χ2n) is 7.56. The maximum Gasteiger partial charge on any atom is 0.221 e. The van der Waals surface area contributed by atoms with Crippen molar-refractivity contribution in [2.24, 2.45) is 0 Å². The van der Waals surface area contributed by atoms with Crippen molar-refractivity contribution in [2.45, 2.75) is 18.9 Å². The molecule has 4 aromatic rings. The lowest BCUT2D eigenvalue weighted by Crippen LogP contribution is -2.25. The second-order valence-corrected chi connectivity index (χ2v) is 7.56. The molecule has 1 aromatic heterocycles. The molecular formula is C26H25FN2O3. The average Bonchev–Trinajstić information content (AvgIpc) is 3.26. The van der Waals surface area contributed by atoms with Crippen molar-refractivity contribution in [1.29, 1.82) is 0 Å². The first-order valence-electron chi connectivity index (χ1n) is 10.4. The zero-order valence-corrected chi connectivity index (χ0v) is 18.0. The monoisotopic (exact) mass is 432 g/mol. The number of aromatic amines is 1. The predicted octanol–water partition coefficient (Wildman–Crippen LogP) is 5.16. The average molecular weight is 432 g/mol. The van der Waals surface area contributed by atoms with Crippen LogP contribution in [0.1, 0.15) is 29.0 Å². The fourth-order valence-electron chi connectivity index (χ4n) is 3.94. The molecule has 3 aromatic carbocycles. The summed E-state index contributed by atoms with van der Waals surface area (Å²) in [5.41, 5.74) is 3.76. The summed E-state index contributed by atoms with van der Waals surface area (Å²) in [7, 11) is 3.22. The van der Waals surface area contributed by atoms with Gasteiger partial charge in [-0.1, -0.05) is 36.4 Å². The van der Waals surface area contributed by atoms with Crippen molar-refractivity contribution < 1.29 is 18.7 Å². The van der Waals surface area contributed by atoms with Crippen molar-refractivity contribution >= 4 is 16.8 Å². The first kappa shape index (κ1) is 21.4. The number of H-pyrrole nitrogens is 1. The molecule has 1 atom stereocenters. The summed E-state index contributed by atoms with van der Waals surface area (Å²) in [6, 6.07) is 19.8. The van der Waals surface area contributed by atoms with Crippen LogP contribution in [0.25, 0.3) is 10.9 Å². The Morgan fingerprint density at radius 2 is 1.78 bits per heavy atom. The van der Waals surface area contributed by atoms with Gasteiger partial charge in [-0.25, -0.2) is 4.39 Å². The van der Waals surface area contributed by atoms with Crippen LogP contribution in [0.2, 0.25) is 0 Å². The number of fused-ring (bicyclic) bond motifs is 1. The Kier molecular flexibility index (Phi) is 6.40. The molecule has 0 saturated carbocycles. The number of hydrogen-bond acceptors (Lipinski definition) is 3. The Hall–Kier alpha value is -3.80. The quantitative estimate of drug-likeness (QED) is 0.404. The van der Waals surface area contributed by atoms with Gasteiger partial charge in [-0.05, 0) is 35.4 Å². The predicted molar refractivity (Wildman–Crippen MR) is 123 cm³/mol. The molecule has 4 rings (SSSR count). The minimum atomic E-state index is -0.300. The number of ether oxygens (including phenoxy) is 2. The van der Waals surface area contributed by atoms with E-state index < -0.39 is 0 Å². The van der Waals surface area contributed by atoms with Crippen molar-refractivity contribution in [2.75, 3.05) is 14.2 Å². The van der Waals surface area contributed by atoms with E-state index in [0.29, 0.717) is 18.0 Å². The summed E-state index contributed by atoms with van der Waals surface area (Å²) in [6.45, 7) is 0.333. The van der Waals surface area contributed by atoms with E-state index in [-0.39, 0.29) is 24.1 Å². The van der Waals surface area contributed by atoms with Crippen LogP contribution in [0.5, 0.6) is 11.5 Å². The molecule has 0 aliphatic heterocycles. The number of amides is 1. The minimum absolute atomic E-state index is 0.109. The third-order valence-corrected chi connectivity index (χ3v) is 5.61. The van der Waals surface area contributed by atoms with Crippen LogP contribution in [0, 0.1) is 5.82 Å². The number of hydrogen-bond donors (Lipinski definition) is 2. The largest absolute Gasteiger partial charge is 0.497 e. The van der Waals surface area contributed by atoms with Gasteiger partial charge in [-0.2, -0.15) is 0 Å². The Morgan fingerprint density at radius 1 is 1.00 bits per heavy atom. The molecule has 32 heavy (non-hydrogen) atoms. The van der Waals surface area contributed by atoms with Gasteiger partial charge in [0.25, 0.3) is 0 Å². The molecule has 0 radical (unpaired) electrons. The summed E-state index contributed by atoms with van der Waals surface area (Å²) < 4.78 is 24.1. The van der Waals surface area contributed by atoms with Crippen LogP contribution >= 0.6 is 0 Å². The van der Waals surface area contributed by atoms with Crippen LogP contribution in [0.3, 0.4) is 0 Å². The van der Waals surface area contributed by atoms with Gasteiger partial charge in [0, 0.05) is 47.6 Å². The van der Waals surface area contributed by atoms with Crippen LogP contribution in [-0.2, 0) is 11.3 Å². The molecule has 1 amide bonds. The number of para-hydroxylation sites is 1. The minimum Gasteiger partial charge on any atom is -0.497 e. The number of rotatable bonds is 8. The fraction of sp³-hybridized carbons (Fsp3) is 0.192.